The summed E-state index contributed by atoms with van der Waals surface area (Å²) >= 11 is 0. The third-order valence-corrected chi connectivity index (χ3v) is 3.00. The zero-order chi connectivity index (χ0) is 13.3. The van der Waals surface area contributed by atoms with Crippen molar-refractivity contribution in [1.82, 2.24) is 14.6 Å². The molecule has 5 nitrogen and oxygen atoms in total. The van der Waals surface area contributed by atoms with Crippen molar-refractivity contribution in [2.24, 2.45) is 0 Å². The van der Waals surface area contributed by atoms with E-state index in [1.54, 1.807) is 17.5 Å². The van der Waals surface area contributed by atoms with Crippen LogP contribution in [0.1, 0.15) is 41.3 Å². The Kier molecular flexibility index (Phi) is 3.32. The average Bonchev–Trinajstić information content (AvgIpc) is 2.74. The Morgan fingerprint density at radius 3 is 2.72 bits per heavy atom. The highest BCUT2D eigenvalue weighted by Crippen LogP contribution is 2.16. The zero-order valence-corrected chi connectivity index (χ0v) is 11.1. The predicted molar refractivity (Wildman–Crippen MR) is 67.8 cm³/mol. The third-order valence-electron chi connectivity index (χ3n) is 3.00. The molecule has 2 aromatic rings. The van der Waals surface area contributed by atoms with Crippen molar-refractivity contribution in [2.45, 2.75) is 34.1 Å². The fourth-order valence-electron chi connectivity index (χ4n) is 2.14. The summed E-state index contributed by atoms with van der Waals surface area (Å²) in [6, 6.07) is 1.66. The first-order valence-corrected chi connectivity index (χ1v) is 6.11. The first-order valence-electron chi connectivity index (χ1n) is 6.11. The van der Waals surface area contributed by atoms with Crippen LogP contribution in [0.2, 0.25) is 0 Å². The normalized spacial score (nSPS) is 10.9. The first kappa shape index (κ1) is 12.5. The zero-order valence-electron chi connectivity index (χ0n) is 11.1. The number of esters is 1. The number of hydrogen-bond acceptors (Lipinski definition) is 4. The maximum Gasteiger partial charge on any atom is 0.358 e. The van der Waals surface area contributed by atoms with Crippen molar-refractivity contribution in [3.8, 4) is 0 Å². The van der Waals surface area contributed by atoms with E-state index in [2.05, 4.69) is 17.0 Å². The fourth-order valence-corrected chi connectivity index (χ4v) is 2.14. The molecule has 0 atom stereocenters. The SMILES string of the molecule is CCOC(=O)c1cc2nc(C)c(CC)c(C)n2n1. The van der Waals surface area contributed by atoms with E-state index in [9.17, 15) is 4.79 Å². The molecule has 0 amide bonds. The van der Waals surface area contributed by atoms with Crippen LogP contribution in [0.3, 0.4) is 0 Å². The molecule has 96 valence electrons. The molecule has 0 aliphatic rings. The van der Waals surface area contributed by atoms with Crippen molar-refractivity contribution in [2.75, 3.05) is 6.61 Å². The lowest BCUT2D eigenvalue weighted by Gasteiger charge is -2.08. The van der Waals surface area contributed by atoms with Crippen LogP contribution in [0.15, 0.2) is 6.07 Å². The number of rotatable bonds is 3. The molecule has 0 saturated carbocycles. The Hall–Kier alpha value is -1.91. The molecule has 0 bridgehead atoms. The van der Waals surface area contributed by atoms with Gasteiger partial charge in [0.05, 0.1) is 6.61 Å². The van der Waals surface area contributed by atoms with Crippen molar-refractivity contribution >= 4 is 11.6 Å². The minimum atomic E-state index is -0.405. The predicted octanol–water partition coefficient (Wildman–Crippen LogP) is 2.09. The highest BCUT2D eigenvalue weighted by molar-refractivity contribution is 5.88. The molecule has 0 spiro atoms. The van der Waals surface area contributed by atoms with Crippen LogP contribution in [-0.4, -0.2) is 27.2 Å². The molecule has 0 aliphatic carbocycles. The average molecular weight is 247 g/mol. The number of carbonyl (C=O) groups is 1. The summed E-state index contributed by atoms with van der Waals surface area (Å²) in [6.07, 6.45) is 0.898. The highest BCUT2D eigenvalue weighted by Gasteiger charge is 2.15. The molecule has 0 radical (unpaired) electrons. The lowest BCUT2D eigenvalue weighted by molar-refractivity contribution is 0.0519. The maximum atomic E-state index is 11.6. The van der Waals surface area contributed by atoms with Gasteiger partial charge in [0, 0.05) is 17.5 Å². The van der Waals surface area contributed by atoms with Gasteiger partial charge in [0.15, 0.2) is 11.3 Å². The summed E-state index contributed by atoms with van der Waals surface area (Å²) < 4.78 is 6.65. The second kappa shape index (κ2) is 4.76. The number of fused-ring (bicyclic) bond motifs is 1. The maximum absolute atomic E-state index is 11.6. The minimum absolute atomic E-state index is 0.306. The van der Waals surface area contributed by atoms with Crippen LogP contribution in [-0.2, 0) is 11.2 Å². The third kappa shape index (κ3) is 1.96. The van der Waals surface area contributed by atoms with Crippen LogP contribution in [0, 0.1) is 13.8 Å². The molecule has 2 aromatic heterocycles. The molecule has 2 rings (SSSR count). The van der Waals surface area contributed by atoms with Crippen molar-refractivity contribution in [3.05, 3.63) is 28.7 Å². The molecule has 0 N–H and O–H groups in total. The Bertz CT molecular complexity index is 602. The van der Waals surface area contributed by atoms with Crippen molar-refractivity contribution in [3.63, 3.8) is 0 Å². The van der Waals surface area contributed by atoms with Gasteiger partial charge in [0.1, 0.15) is 0 Å². The molecule has 0 saturated heterocycles. The first-order chi connectivity index (χ1) is 8.58. The Labute approximate surface area is 106 Å². The molecular formula is C13H17N3O2. The van der Waals surface area contributed by atoms with Gasteiger partial charge in [-0.3, -0.25) is 0 Å². The van der Waals surface area contributed by atoms with Crippen LogP contribution in [0.5, 0.6) is 0 Å². The summed E-state index contributed by atoms with van der Waals surface area (Å²) in [4.78, 5) is 16.1. The van der Waals surface area contributed by atoms with Gasteiger partial charge in [-0.15, -0.1) is 0 Å². The van der Waals surface area contributed by atoms with E-state index in [4.69, 9.17) is 4.74 Å². The summed E-state index contributed by atoms with van der Waals surface area (Å²) in [5.41, 5.74) is 4.17. The number of aryl methyl sites for hydroxylation is 2. The molecule has 0 unspecified atom stereocenters. The van der Waals surface area contributed by atoms with E-state index in [0.717, 1.165) is 17.8 Å². The highest BCUT2D eigenvalue weighted by atomic mass is 16.5. The minimum Gasteiger partial charge on any atom is -0.461 e. The van der Waals surface area contributed by atoms with Gasteiger partial charge in [0.25, 0.3) is 0 Å². The number of aromatic nitrogens is 3. The van der Waals surface area contributed by atoms with Gasteiger partial charge in [0.2, 0.25) is 0 Å². The number of carbonyl (C=O) groups excluding carboxylic acids is 1. The molecule has 0 aliphatic heterocycles. The van der Waals surface area contributed by atoms with Gasteiger partial charge in [-0.1, -0.05) is 6.92 Å². The second-order valence-electron chi connectivity index (χ2n) is 4.13. The summed E-state index contributed by atoms with van der Waals surface area (Å²) in [6.45, 7) is 8.17. The number of nitrogens with zero attached hydrogens (tertiary/aromatic N) is 3. The van der Waals surface area contributed by atoms with Crippen LogP contribution in [0.4, 0.5) is 0 Å². The monoisotopic (exact) mass is 247 g/mol. The van der Waals surface area contributed by atoms with Gasteiger partial charge in [-0.05, 0) is 32.8 Å². The summed E-state index contributed by atoms with van der Waals surface area (Å²) in [5, 5.41) is 4.26. The van der Waals surface area contributed by atoms with Gasteiger partial charge >= 0.3 is 5.97 Å². The molecular weight excluding hydrogens is 230 g/mol. The van der Waals surface area contributed by atoms with Crippen LogP contribution in [0.25, 0.3) is 5.65 Å². The quantitative estimate of drug-likeness (QED) is 0.779. The van der Waals surface area contributed by atoms with E-state index >= 15 is 0 Å². The molecule has 0 aromatic carbocycles. The van der Waals surface area contributed by atoms with Gasteiger partial charge in [-0.2, -0.15) is 5.10 Å². The topological polar surface area (TPSA) is 56.5 Å². The molecule has 18 heavy (non-hydrogen) atoms. The molecule has 2 heterocycles. The van der Waals surface area contributed by atoms with E-state index in [1.807, 2.05) is 13.8 Å². The van der Waals surface area contributed by atoms with Gasteiger partial charge < -0.3 is 4.74 Å². The summed E-state index contributed by atoms with van der Waals surface area (Å²) in [5.74, 6) is -0.405. The summed E-state index contributed by atoms with van der Waals surface area (Å²) in [7, 11) is 0. The lowest BCUT2D eigenvalue weighted by atomic mass is 10.1. The number of ether oxygens (including phenoxy) is 1. The van der Waals surface area contributed by atoms with E-state index in [0.29, 0.717) is 17.9 Å². The van der Waals surface area contributed by atoms with Crippen molar-refractivity contribution in [1.29, 1.82) is 0 Å². The van der Waals surface area contributed by atoms with Crippen LogP contribution < -0.4 is 0 Å². The Morgan fingerprint density at radius 1 is 1.39 bits per heavy atom. The number of hydrogen-bond donors (Lipinski definition) is 0. The van der Waals surface area contributed by atoms with Gasteiger partial charge in [-0.25, -0.2) is 14.3 Å². The van der Waals surface area contributed by atoms with Crippen molar-refractivity contribution < 1.29 is 9.53 Å². The fraction of sp³-hybridized carbons (Fsp3) is 0.462. The lowest BCUT2D eigenvalue weighted by Crippen LogP contribution is -2.07. The largest absolute Gasteiger partial charge is 0.461 e. The van der Waals surface area contributed by atoms with Crippen LogP contribution >= 0.6 is 0 Å². The molecule has 5 heteroatoms. The second-order valence-corrected chi connectivity index (χ2v) is 4.13. The smallest absolute Gasteiger partial charge is 0.358 e. The van der Waals surface area contributed by atoms with E-state index in [1.165, 1.54) is 5.56 Å². The standard InChI is InChI=1S/C13H17N3O2/c1-5-10-8(3)14-12-7-11(13(17)18-6-2)15-16(12)9(10)4/h7H,5-6H2,1-4H3. The Morgan fingerprint density at radius 2 is 2.11 bits per heavy atom. The molecule has 0 fully saturated rings. The van der Waals surface area contributed by atoms with E-state index in [-0.39, 0.29) is 0 Å². The Balaban J connectivity index is 2.58. The van der Waals surface area contributed by atoms with E-state index < -0.39 is 5.97 Å².